The largest absolute Gasteiger partial charge is 0.462 e. The minimum atomic E-state index is -0.491. The number of unbranched alkanes of at least 4 members (excludes halogenated alkanes) is 4. The fraction of sp³-hybridized carbons (Fsp3) is 0.529. The molecule has 0 N–H and O–H groups in total. The van der Waals surface area contributed by atoms with Crippen LogP contribution in [0.3, 0.4) is 0 Å². The Kier molecular flexibility index (Phi) is 9.31. The predicted molar refractivity (Wildman–Crippen MR) is 86.5 cm³/mol. The highest BCUT2D eigenvalue weighted by molar-refractivity contribution is 6.18. The van der Waals surface area contributed by atoms with Crippen molar-refractivity contribution in [2.24, 2.45) is 0 Å². The summed E-state index contributed by atoms with van der Waals surface area (Å²) >= 11 is 5.47. The number of alkyl halides is 1. The maximum atomic E-state index is 11.9. The van der Waals surface area contributed by atoms with Gasteiger partial charge in [-0.25, -0.2) is 9.59 Å². The van der Waals surface area contributed by atoms with Crippen LogP contribution in [0.1, 0.15) is 59.7 Å². The molecule has 0 atom stereocenters. The summed E-state index contributed by atoms with van der Waals surface area (Å²) in [5.41, 5.74) is 0.677. The highest BCUT2D eigenvalue weighted by atomic mass is 35.5. The van der Waals surface area contributed by atoms with Gasteiger partial charge in [-0.05, 0) is 24.6 Å². The lowest BCUT2D eigenvalue weighted by Crippen LogP contribution is -2.10. The molecule has 1 aromatic rings. The van der Waals surface area contributed by atoms with Crippen LogP contribution in [-0.4, -0.2) is 31.0 Å². The van der Waals surface area contributed by atoms with Gasteiger partial charge in [0.2, 0.25) is 0 Å². The second kappa shape index (κ2) is 11.1. The zero-order chi connectivity index (χ0) is 16.2. The molecule has 1 aromatic carbocycles. The highest BCUT2D eigenvalue weighted by Gasteiger charge is 2.12. The van der Waals surface area contributed by atoms with Crippen LogP contribution < -0.4 is 0 Å². The first-order valence-electron chi connectivity index (χ1n) is 7.69. The van der Waals surface area contributed by atoms with Crippen LogP contribution in [-0.2, 0) is 9.47 Å². The second-order valence-electron chi connectivity index (χ2n) is 4.96. The number of hydrogen-bond donors (Lipinski definition) is 0. The molecule has 0 bridgehead atoms. The highest BCUT2D eigenvalue weighted by Crippen LogP contribution is 2.09. The summed E-state index contributed by atoms with van der Waals surface area (Å²) in [6, 6.07) is 6.33. The molecule has 0 heterocycles. The van der Waals surface area contributed by atoms with Crippen LogP contribution in [0.5, 0.6) is 0 Å². The van der Waals surface area contributed by atoms with Gasteiger partial charge in [-0.2, -0.15) is 0 Å². The van der Waals surface area contributed by atoms with Crippen LogP contribution >= 0.6 is 11.6 Å². The van der Waals surface area contributed by atoms with Crippen molar-refractivity contribution in [3.8, 4) is 0 Å². The maximum Gasteiger partial charge on any atom is 0.338 e. The maximum absolute atomic E-state index is 11.9. The van der Waals surface area contributed by atoms with Gasteiger partial charge in [0.15, 0.2) is 0 Å². The Balaban J connectivity index is 2.43. The van der Waals surface area contributed by atoms with Gasteiger partial charge < -0.3 is 9.47 Å². The SMILES string of the molecule is CCCCCCCOC(=O)c1cccc(C(=O)OCCCl)c1. The Morgan fingerprint density at radius 1 is 0.955 bits per heavy atom. The molecule has 0 fully saturated rings. The Morgan fingerprint density at radius 2 is 1.55 bits per heavy atom. The van der Waals surface area contributed by atoms with E-state index in [4.69, 9.17) is 21.1 Å². The molecule has 22 heavy (non-hydrogen) atoms. The summed E-state index contributed by atoms with van der Waals surface area (Å²) in [6.45, 7) is 2.71. The van der Waals surface area contributed by atoms with Crippen molar-refractivity contribution < 1.29 is 19.1 Å². The Hall–Kier alpha value is -1.55. The van der Waals surface area contributed by atoms with Gasteiger partial charge in [-0.3, -0.25) is 0 Å². The van der Waals surface area contributed by atoms with E-state index in [2.05, 4.69) is 6.92 Å². The number of benzene rings is 1. The van der Waals surface area contributed by atoms with Crippen molar-refractivity contribution in [1.29, 1.82) is 0 Å². The van der Waals surface area contributed by atoms with Crippen LogP contribution in [0.2, 0.25) is 0 Å². The summed E-state index contributed by atoms with van der Waals surface area (Å²) < 4.78 is 10.1. The van der Waals surface area contributed by atoms with Crippen molar-refractivity contribution in [2.45, 2.75) is 39.0 Å². The third-order valence-electron chi connectivity index (χ3n) is 3.13. The first-order chi connectivity index (χ1) is 10.7. The van der Waals surface area contributed by atoms with Gasteiger partial charge >= 0.3 is 11.9 Å². The average molecular weight is 327 g/mol. The summed E-state index contributed by atoms with van der Waals surface area (Å²) in [5, 5.41) is 0. The number of carbonyl (C=O) groups excluding carboxylic acids is 2. The topological polar surface area (TPSA) is 52.6 Å². The van der Waals surface area contributed by atoms with Crippen LogP contribution in [0, 0.1) is 0 Å². The molecule has 0 radical (unpaired) electrons. The van der Waals surface area contributed by atoms with Crippen LogP contribution in [0.25, 0.3) is 0 Å². The first-order valence-corrected chi connectivity index (χ1v) is 8.22. The molecule has 0 saturated heterocycles. The van der Waals surface area contributed by atoms with Gasteiger partial charge in [0, 0.05) is 0 Å². The summed E-state index contributed by atoms with van der Waals surface area (Å²) in [7, 11) is 0. The number of esters is 2. The minimum absolute atomic E-state index is 0.146. The molecule has 0 unspecified atom stereocenters. The van der Waals surface area contributed by atoms with Crippen molar-refractivity contribution >= 4 is 23.5 Å². The number of rotatable bonds is 10. The van der Waals surface area contributed by atoms with Gasteiger partial charge in [-0.15, -0.1) is 11.6 Å². The molecule has 0 aliphatic heterocycles. The lowest BCUT2D eigenvalue weighted by atomic mass is 10.1. The van der Waals surface area contributed by atoms with Gasteiger partial charge in [0.25, 0.3) is 0 Å². The molecule has 0 spiro atoms. The smallest absolute Gasteiger partial charge is 0.338 e. The number of hydrogen-bond acceptors (Lipinski definition) is 4. The normalized spacial score (nSPS) is 10.3. The van der Waals surface area contributed by atoms with Crippen molar-refractivity contribution in [1.82, 2.24) is 0 Å². The fourth-order valence-electron chi connectivity index (χ4n) is 1.94. The van der Waals surface area contributed by atoms with Crippen LogP contribution in [0.4, 0.5) is 0 Å². The molecule has 0 aliphatic carbocycles. The zero-order valence-electron chi connectivity index (χ0n) is 13.0. The molecular formula is C17H23ClO4. The van der Waals surface area contributed by atoms with E-state index in [-0.39, 0.29) is 12.5 Å². The molecule has 4 nitrogen and oxygen atoms in total. The van der Waals surface area contributed by atoms with Gasteiger partial charge in [-0.1, -0.05) is 38.7 Å². The van der Waals surface area contributed by atoms with E-state index in [0.29, 0.717) is 17.7 Å². The fourth-order valence-corrected chi connectivity index (χ4v) is 2.02. The lowest BCUT2D eigenvalue weighted by molar-refractivity contribution is 0.0497. The number of halogens is 1. The molecular weight excluding hydrogens is 304 g/mol. The van der Waals surface area contributed by atoms with E-state index in [0.717, 1.165) is 19.3 Å². The molecule has 1 rings (SSSR count). The Morgan fingerprint density at radius 3 is 2.14 bits per heavy atom. The van der Waals surface area contributed by atoms with Crippen molar-refractivity contribution in [2.75, 3.05) is 19.1 Å². The van der Waals surface area contributed by atoms with Crippen molar-refractivity contribution in [3.63, 3.8) is 0 Å². The van der Waals surface area contributed by atoms with Gasteiger partial charge in [0.05, 0.1) is 23.6 Å². The van der Waals surface area contributed by atoms with E-state index in [9.17, 15) is 9.59 Å². The van der Waals surface area contributed by atoms with E-state index in [1.807, 2.05) is 0 Å². The third-order valence-corrected chi connectivity index (χ3v) is 3.28. The van der Waals surface area contributed by atoms with E-state index >= 15 is 0 Å². The van der Waals surface area contributed by atoms with Gasteiger partial charge in [0.1, 0.15) is 6.61 Å². The molecule has 5 heteroatoms. The zero-order valence-corrected chi connectivity index (χ0v) is 13.7. The average Bonchev–Trinajstić information content (AvgIpc) is 2.55. The van der Waals surface area contributed by atoms with Crippen LogP contribution in [0.15, 0.2) is 24.3 Å². The molecule has 0 aromatic heterocycles. The Labute approximate surface area is 136 Å². The second-order valence-corrected chi connectivity index (χ2v) is 5.33. The molecule has 0 amide bonds. The predicted octanol–water partition coefficient (Wildman–Crippen LogP) is 4.21. The molecule has 0 aliphatic rings. The Bertz CT molecular complexity index is 473. The first kappa shape index (κ1) is 18.5. The standard InChI is InChI=1S/C17H23ClO4/c1-2-3-4-5-6-11-21-16(19)14-8-7-9-15(13-14)17(20)22-12-10-18/h7-9,13H,2-6,10-12H2,1H3. The van der Waals surface area contributed by atoms with E-state index in [1.165, 1.54) is 18.9 Å². The summed E-state index contributed by atoms with van der Waals surface area (Å²) in [4.78, 5) is 23.6. The number of carbonyl (C=O) groups is 2. The third kappa shape index (κ3) is 6.94. The summed E-state index contributed by atoms with van der Waals surface area (Å²) in [6.07, 6.45) is 5.48. The van der Waals surface area contributed by atoms with Crippen molar-refractivity contribution in [3.05, 3.63) is 35.4 Å². The van der Waals surface area contributed by atoms with E-state index < -0.39 is 11.9 Å². The molecule has 0 saturated carbocycles. The lowest BCUT2D eigenvalue weighted by Gasteiger charge is -2.07. The molecule has 122 valence electrons. The minimum Gasteiger partial charge on any atom is -0.462 e. The quantitative estimate of drug-likeness (QED) is 0.367. The number of ether oxygens (including phenoxy) is 2. The monoisotopic (exact) mass is 326 g/mol. The summed E-state index contributed by atoms with van der Waals surface area (Å²) in [5.74, 6) is -0.664. The van der Waals surface area contributed by atoms with E-state index in [1.54, 1.807) is 18.2 Å².